The molecule has 1 N–H and O–H groups in total. The van der Waals surface area contributed by atoms with Gasteiger partial charge in [0.15, 0.2) is 5.76 Å². The number of thiazole rings is 1. The van der Waals surface area contributed by atoms with Gasteiger partial charge in [0.05, 0.1) is 12.2 Å². The van der Waals surface area contributed by atoms with Crippen molar-refractivity contribution in [2.45, 2.75) is 27.3 Å². The van der Waals surface area contributed by atoms with E-state index in [1.807, 2.05) is 62.5 Å². The number of benzene rings is 2. The maximum absolute atomic E-state index is 12.7. The Bertz CT molecular complexity index is 1130. The minimum atomic E-state index is -0.213. The van der Waals surface area contributed by atoms with Crippen molar-refractivity contribution in [3.63, 3.8) is 0 Å². The van der Waals surface area contributed by atoms with Crippen LogP contribution in [0.3, 0.4) is 0 Å². The topological polar surface area (TPSA) is 55.1 Å². The van der Waals surface area contributed by atoms with Crippen molar-refractivity contribution >= 4 is 28.2 Å². The summed E-state index contributed by atoms with van der Waals surface area (Å²) in [6, 6.07) is 14.1. The average molecular weight is 376 g/mol. The van der Waals surface area contributed by atoms with E-state index in [-0.39, 0.29) is 5.91 Å². The third-order valence-electron chi connectivity index (χ3n) is 4.58. The van der Waals surface area contributed by atoms with Crippen LogP contribution in [0.4, 0.5) is 0 Å². The molecule has 2 aromatic heterocycles. The van der Waals surface area contributed by atoms with E-state index in [0.717, 1.165) is 43.9 Å². The Labute approximate surface area is 161 Å². The number of nitrogens with zero attached hydrogens (tertiary/aromatic N) is 1. The van der Waals surface area contributed by atoms with Gasteiger partial charge < -0.3 is 9.73 Å². The Hall–Kier alpha value is -2.92. The number of furan rings is 1. The van der Waals surface area contributed by atoms with Gasteiger partial charge in [-0.3, -0.25) is 4.79 Å². The Balaban J connectivity index is 1.52. The number of aryl methyl sites for hydroxylation is 3. The van der Waals surface area contributed by atoms with Crippen molar-refractivity contribution in [3.8, 4) is 10.6 Å². The molecule has 0 fully saturated rings. The molecule has 0 aliphatic carbocycles. The molecule has 0 unspecified atom stereocenters. The molecule has 136 valence electrons. The van der Waals surface area contributed by atoms with Crippen LogP contribution in [0.15, 0.2) is 52.3 Å². The molecule has 4 aromatic rings. The Morgan fingerprint density at radius 1 is 1.15 bits per heavy atom. The normalized spacial score (nSPS) is 11.1. The van der Waals surface area contributed by atoms with Crippen LogP contribution in [0.25, 0.3) is 21.5 Å². The number of amides is 1. The van der Waals surface area contributed by atoms with Crippen LogP contribution < -0.4 is 5.32 Å². The van der Waals surface area contributed by atoms with Gasteiger partial charge in [-0.2, -0.15) is 0 Å². The summed E-state index contributed by atoms with van der Waals surface area (Å²) >= 11 is 1.57. The van der Waals surface area contributed by atoms with Gasteiger partial charge in [-0.1, -0.05) is 36.4 Å². The summed E-state index contributed by atoms with van der Waals surface area (Å²) in [5.74, 6) is 0.159. The first-order chi connectivity index (χ1) is 13.0. The largest absolute Gasteiger partial charge is 0.451 e. The van der Waals surface area contributed by atoms with Crippen LogP contribution in [-0.4, -0.2) is 10.9 Å². The molecule has 0 atom stereocenters. The van der Waals surface area contributed by atoms with Crippen LogP contribution in [0.1, 0.15) is 32.9 Å². The van der Waals surface area contributed by atoms with E-state index >= 15 is 0 Å². The second-order valence-corrected chi connectivity index (χ2v) is 7.56. The van der Waals surface area contributed by atoms with E-state index in [9.17, 15) is 4.79 Å². The lowest BCUT2D eigenvalue weighted by Crippen LogP contribution is -2.23. The quantitative estimate of drug-likeness (QED) is 0.518. The highest BCUT2D eigenvalue weighted by atomic mass is 32.1. The molecule has 0 radical (unpaired) electrons. The summed E-state index contributed by atoms with van der Waals surface area (Å²) < 4.78 is 5.86. The Kier molecular flexibility index (Phi) is 4.54. The van der Waals surface area contributed by atoms with E-state index in [4.69, 9.17) is 4.42 Å². The minimum absolute atomic E-state index is 0.213. The van der Waals surface area contributed by atoms with E-state index < -0.39 is 0 Å². The Morgan fingerprint density at radius 3 is 2.70 bits per heavy atom. The molecule has 1 amide bonds. The third-order valence-corrected chi connectivity index (χ3v) is 5.52. The van der Waals surface area contributed by atoms with Gasteiger partial charge in [0, 0.05) is 21.9 Å². The predicted molar refractivity (Wildman–Crippen MR) is 109 cm³/mol. The molecule has 4 rings (SSSR count). The zero-order valence-corrected chi connectivity index (χ0v) is 16.3. The van der Waals surface area contributed by atoms with E-state index in [1.165, 1.54) is 0 Å². The maximum Gasteiger partial charge on any atom is 0.287 e. The molecule has 0 bridgehead atoms. The van der Waals surface area contributed by atoms with Crippen molar-refractivity contribution < 1.29 is 9.21 Å². The molecule has 2 heterocycles. The standard InChI is InChI=1S/C22H20N2O2S/c1-13-9-14(2)19-15(3)20(26-18(19)10-13)21(25)23-11-17-12-27-22(24-17)16-7-5-4-6-8-16/h4-10,12H,11H2,1-3H3,(H,23,25). The van der Waals surface area contributed by atoms with Crippen LogP contribution >= 0.6 is 11.3 Å². The molecule has 27 heavy (non-hydrogen) atoms. The van der Waals surface area contributed by atoms with Gasteiger partial charge in [0.1, 0.15) is 10.6 Å². The fourth-order valence-electron chi connectivity index (χ4n) is 3.36. The highest BCUT2D eigenvalue weighted by molar-refractivity contribution is 7.13. The second kappa shape index (κ2) is 7.00. The number of rotatable bonds is 4. The summed E-state index contributed by atoms with van der Waals surface area (Å²) in [7, 11) is 0. The predicted octanol–water partition coefficient (Wildman–Crippen LogP) is 5.41. The molecular formula is C22H20N2O2S. The smallest absolute Gasteiger partial charge is 0.287 e. The summed E-state index contributed by atoms with van der Waals surface area (Å²) in [5, 5.41) is 6.87. The molecule has 5 heteroatoms. The summed E-state index contributed by atoms with van der Waals surface area (Å²) in [4.78, 5) is 17.3. The van der Waals surface area contributed by atoms with Crippen LogP contribution in [0.5, 0.6) is 0 Å². The van der Waals surface area contributed by atoms with E-state index in [1.54, 1.807) is 11.3 Å². The highest BCUT2D eigenvalue weighted by Crippen LogP contribution is 2.29. The molecule has 0 saturated carbocycles. The number of fused-ring (bicyclic) bond motifs is 1. The van der Waals surface area contributed by atoms with Gasteiger partial charge in [-0.15, -0.1) is 11.3 Å². The maximum atomic E-state index is 12.7. The summed E-state index contributed by atoms with van der Waals surface area (Å²) in [5.41, 5.74) is 5.80. The fourth-order valence-corrected chi connectivity index (χ4v) is 4.18. The van der Waals surface area contributed by atoms with Crippen LogP contribution in [0.2, 0.25) is 0 Å². The number of hydrogen-bond acceptors (Lipinski definition) is 4. The molecule has 2 aromatic carbocycles. The van der Waals surface area contributed by atoms with Gasteiger partial charge in [0.25, 0.3) is 5.91 Å². The molecule has 0 spiro atoms. The highest BCUT2D eigenvalue weighted by Gasteiger charge is 2.19. The molecule has 0 saturated heterocycles. The lowest BCUT2D eigenvalue weighted by molar-refractivity contribution is 0.0924. The first kappa shape index (κ1) is 17.5. The molecule has 0 aliphatic rings. The average Bonchev–Trinajstić information content (AvgIpc) is 3.25. The number of carbonyl (C=O) groups excluding carboxylic acids is 1. The fraction of sp³-hybridized carbons (Fsp3) is 0.182. The van der Waals surface area contributed by atoms with E-state index in [2.05, 4.69) is 16.4 Å². The van der Waals surface area contributed by atoms with Crippen molar-refractivity contribution in [3.05, 3.63) is 76.0 Å². The van der Waals surface area contributed by atoms with Crippen LogP contribution in [0, 0.1) is 20.8 Å². The lowest BCUT2D eigenvalue weighted by atomic mass is 10.0. The van der Waals surface area contributed by atoms with Gasteiger partial charge in [-0.25, -0.2) is 4.98 Å². The second-order valence-electron chi connectivity index (χ2n) is 6.70. The number of carbonyl (C=O) groups is 1. The first-order valence-electron chi connectivity index (χ1n) is 8.81. The third kappa shape index (κ3) is 3.38. The number of aromatic nitrogens is 1. The number of nitrogens with one attached hydrogen (secondary N) is 1. The number of hydrogen-bond donors (Lipinski definition) is 1. The zero-order chi connectivity index (χ0) is 19.0. The summed E-state index contributed by atoms with van der Waals surface area (Å²) in [6.45, 7) is 6.37. The monoisotopic (exact) mass is 376 g/mol. The zero-order valence-electron chi connectivity index (χ0n) is 15.5. The SMILES string of the molecule is Cc1cc(C)c2c(C)c(C(=O)NCc3csc(-c4ccccc4)n3)oc2c1. The first-order valence-corrected chi connectivity index (χ1v) is 9.69. The van der Waals surface area contributed by atoms with Gasteiger partial charge >= 0.3 is 0 Å². The minimum Gasteiger partial charge on any atom is -0.451 e. The summed E-state index contributed by atoms with van der Waals surface area (Å²) in [6.07, 6.45) is 0. The molecule has 0 aliphatic heterocycles. The van der Waals surface area contributed by atoms with Gasteiger partial charge in [0.2, 0.25) is 0 Å². The van der Waals surface area contributed by atoms with Crippen LogP contribution in [-0.2, 0) is 6.54 Å². The van der Waals surface area contributed by atoms with Crippen molar-refractivity contribution in [2.75, 3.05) is 0 Å². The van der Waals surface area contributed by atoms with Crippen molar-refractivity contribution in [2.24, 2.45) is 0 Å². The molecule has 4 nitrogen and oxygen atoms in total. The van der Waals surface area contributed by atoms with Crippen molar-refractivity contribution in [1.82, 2.24) is 10.3 Å². The van der Waals surface area contributed by atoms with Gasteiger partial charge in [-0.05, 0) is 38.0 Å². The Morgan fingerprint density at radius 2 is 1.93 bits per heavy atom. The van der Waals surface area contributed by atoms with E-state index in [0.29, 0.717) is 12.3 Å². The van der Waals surface area contributed by atoms with Crippen molar-refractivity contribution in [1.29, 1.82) is 0 Å². The molecular weight excluding hydrogens is 356 g/mol. The lowest BCUT2D eigenvalue weighted by Gasteiger charge is -2.02.